The van der Waals surface area contributed by atoms with Crippen molar-refractivity contribution in [2.24, 2.45) is 11.7 Å². The lowest BCUT2D eigenvalue weighted by Crippen LogP contribution is -2.47. The van der Waals surface area contributed by atoms with E-state index in [0.29, 0.717) is 5.56 Å². The topological polar surface area (TPSA) is 146 Å². The zero-order valence-electron chi connectivity index (χ0n) is 14.1. The lowest BCUT2D eigenvalue weighted by Gasteiger charge is -2.25. The maximum absolute atomic E-state index is 11.9. The van der Waals surface area contributed by atoms with Gasteiger partial charge in [0.25, 0.3) is 0 Å². The van der Waals surface area contributed by atoms with E-state index >= 15 is 0 Å². The summed E-state index contributed by atoms with van der Waals surface area (Å²) in [5.74, 6) is -1.15. The van der Waals surface area contributed by atoms with E-state index in [1.807, 2.05) is 0 Å². The molecule has 10 heteroatoms. The molecule has 1 aliphatic rings. The highest BCUT2D eigenvalue weighted by Crippen LogP contribution is 2.32. The van der Waals surface area contributed by atoms with Crippen LogP contribution >= 0.6 is 0 Å². The van der Waals surface area contributed by atoms with Crippen molar-refractivity contribution in [3.8, 4) is 5.75 Å². The normalized spacial score (nSPS) is 25.0. The highest BCUT2D eigenvalue weighted by molar-refractivity contribution is 6.59. The molecule has 1 unspecified atom stereocenters. The van der Waals surface area contributed by atoms with Crippen molar-refractivity contribution in [1.29, 1.82) is 0 Å². The van der Waals surface area contributed by atoms with Crippen molar-refractivity contribution in [3.63, 3.8) is 0 Å². The molecule has 9 nitrogen and oxygen atoms in total. The Balaban J connectivity index is 2.36. The standard InChI is InChI=1S/C15H23BN2O7/c1-8(20)12-11(7-19)25-18(13(12)15(17)21)6-9-4-3-5-10(16(22)23)14(9)24-2/h3-5,8,11-13,19-20,22-23H,6-7H2,1-2H3,(H2,17,21)/t8-,11-,12+,13?/m0/s1. The first-order valence-electron chi connectivity index (χ1n) is 7.85. The highest BCUT2D eigenvalue weighted by atomic mass is 16.7. The summed E-state index contributed by atoms with van der Waals surface area (Å²) < 4.78 is 5.25. The van der Waals surface area contributed by atoms with Gasteiger partial charge in [0.1, 0.15) is 17.9 Å². The van der Waals surface area contributed by atoms with E-state index in [1.54, 1.807) is 12.1 Å². The number of nitrogens with zero attached hydrogens (tertiary/aromatic N) is 1. The van der Waals surface area contributed by atoms with E-state index in [9.17, 15) is 25.1 Å². The summed E-state index contributed by atoms with van der Waals surface area (Å²) in [7, 11) is -0.340. The van der Waals surface area contributed by atoms with Crippen LogP contribution < -0.4 is 15.9 Å². The maximum atomic E-state index is 11.9. The van der Waals surface area contributed by atoms with Crippen molar-refractivity contribution >= 4 is 18.5 Å². The molecule has 138 valence electrons. The molecule has 1 heterocycles. The summed E-state index contributed by atoms with van der Waals surface area (Å²) >= 11 is 0. The monoisotopic (exact) mass is 354 g/mol. The average molecular weight is 354 g/mol. The lowest BCUT2D eigenvalue weighted by atomic mass is 9.78. The molecule has 0 aliphatic carbocycles. The minimum atomic E-state index is -1.73. The maximum Gasteiger partial charge on any atom is 0.492 e. The minimum Gasteiger partial charge on any atom is -0.497 e. The number of primary amides is 1. The SMILES string of the molecule is COc1c(CN2O[C@@H](CO)[C@@H]([C@H](C)O)C2C(N)=O)cccc1B(O)O. The molecule has 0 spiro atoms. The number of carbonyl (C=O) groups excluding carboxylic acids is 1. The predicted molar refractivity (Wildman–Crippen MR) is 88.5 cm³/mol. The van der Waals surface area contributed by atoms with Gasteiger partial charge in [-0.25, -0.2) is 0 Å². The number of carbonyl (C=O) groups is 1. The molecular formula is C15H23BN2O7. The molecule has 0 radical (unpaired) electrons. The third kappa shape index (κ3) is 3.95. The second-order valence-corrected chi connectivity index (χ2v) is 5.98. The third-order valence-corrected chi connectivity index (χ3v) is 4.34. The van der Waals surface area contributed by atoms with E-state index in [1.165, 1.54) is 25.2 Å². The number of aliphatic hydroxyl groups is 2. The van der Waals surface area contributed by atoms with Gasteiger partial charge in [0.15, 0.2) is 0 Å². The zero-order valence-corrected chi connectivity index (χ0v) is 14.1. The number of hydroxylamine groups is 2. The molecule has 4 atom stereocenters. The Morgan fingerprint density at radius 1 is 1.48 bits per heavy atom. The predicted octanol–water partition coefficient (Wildman–Crippen LogP) is -2.67. The van der Waals surface area contributed by atoms with Gasteiger partial charge in [-0.3, -0.25) is 9.63 Å². The van der Waals surface area contributed by atoms with Crippen molar-refractivity contribution < 1.29 is 34.6 Å². The molecule has 0 saturated carbocycles. The first kappa shape index (κ1) is 19.6. The van der Waals surface area contributed by atoms with Crippen LogP contribution in [0.3, 0.4) is 0 Å². The summed E-state index contributed by atoms with van der Waals surface area (Å²) in [6.45, 7) is 1.15. The van der Waals surface area contributed by atoms with Gasteiger partial charge in [-0.1, -0.05) is 18.2 Å². The molecule has 0 bridgehead atoms. The zero-order chi connectivity index (χ0) is 18.7. The second kappa shape index (κ2) is 8.13. The summed E-state index contributed by atoms with van der Waals surface area (Å²) in [6.07, 6.45) is -1.71. The van der Waals surface area contributed by atoms with Crippen LogP contribution in [0.1, 0.15) is 12.5 Å². The largest absolute Gasteiger partial charge is 0.497 e. The summed E-state index contributed by atoms with van der Waals surface area (Å²) in [5, 5.41) is 39.6. The van der Waals surface area contributed by atoms with Gasteiger partial charge in [-0.2, -0.15) is 5.06 Å². The first-order valence-corrected chi connectivity index (χ1v) is 7.85. The third-order valence-electron chi connectivity index (χ3n) is 4.34. The minimum absolute atomic E-state index is 0.0387. The van der Waals surface area contributed by atoms with Crippen LogP contribution in [0.2, 0.25) is 0 Å². The van der Waals surface area contributed by atoms with Gasteiger partial charge in [-0.15, -0.1) is 0 Å². The molecule has 0 aromatic heterocycles. The molecule has 1 fully saturated rings. The Bertz CT molecular complexity index is 614. The van der Waals surface area contributed by atoms with Gasteiger partial charge >= 0.3 is 7.12 Å². The van der Waals surface area contributed by atoms with Gasteiger partial charge in [0.2, 0.25) is 5.91 Å². The number of ether oxygens (including phenoxy) is 1. The van der Waals surface area contributed by atoms with E-state index in [4.69, 9.17) is 15.3 Å². The van der Waals surface area contributed by atoms with Crippen molar-refractivity contribution in [2.75, 3.05) is 13.7 Å². The van der Waals surface area contributed by atoms with Gasteiger partial charge in [0, 0.05) is 16.9 Å². The molecule has 1 aliphatic heterocycles. The number of aliphatic hydroxyl groups excluding tert-OH is 2. The van der Waals surface area contributed by atoms with Crippen LogP contribution in [0.25, 0.3) is 0 Å². The Kier molecular flexibility index (Phi) is 6.39. The van der Waals surface area contributed by atoms with E-state index in [2.05, 4.69) is 0 Å². The van der Waals surface area contributed by atoms with Crippen LogP contribution in [-0.4, -0.2) is 70.3 Å². The number of para-hydroxylation sites is 1. The number of methoxy groups -OCH3 is 1. The van der Waals surface area contributed by atoms with E-state index < -0.39 is 37.2 Å². The Morgan fingerprint density at radius 3 is 2.64 bits per heavy atom. The molecule has 1 amide bonds. The smallest absolute Gasteiger partial charge is 0.492 e. The first-order chi connectivity index (χ1) is 11.8. The number of nitrogens with two attached hydrogens (primary N) is 1. The number of rotatable bonds is 7. The van der Waals surface area contributed by atoms with Crippen LogP contribution in [0, 0.1) is 5.92 Å². The quantitative estimate of drug-likeness (QED) is 0.334. The van der Waals surface area contributed by atoms with Gasteiger partial charge in [-0.05, 0) is 6.92 Å². The summed E-state index contributed by atoms with van der Waals surface area (Å²) in [6, 6.07) is 3.83. The van der Waals surface area contributed by atoms with E-state index in [0.717, 1.165) is 0 Å². The van der Waals surface area contributed by atoms with Crippen LogP contribution in [-0.2, 0) is 16.2 Å². The Hall–Kier alpha value is -1.69. The molecule has 1 saturated heterocycles. The van der Waals surface area contributed by atoms with E-state index in [-0.39, 0.29) is 24.4 Å². The number of benzene rings is 1. The molecule has 6 N–H and O–H groups in total. The summed E-state index contributed by atoms with van der Waals surface area (Å²) in [4.78, 5) is 17.5. The lowest BCUT2D eigenvalue weighted by molar-refractivity contribution is -0.181. The fourth-order valence-corrected chi connectivity index (χ4v) is 3.25. The van der Waals surface area contributed by atoms with Crippen molar-refractivity contribution in [2.45, 2.75) is 31.7 Å². The second-order valence-electron chi connectivity index (χ2n) is 5.98. The van der Waals surface area contributed by atoms with Crippen molar-refractivity contribution in [3.05, 3.63) is 23.8 Å². The number of hydrogen-bond donors (Lipinski definition) is 5. The number of amides is 1. The Morgan fingerprint density at radius 2 is 2.16 bits per heavy atom. The van der Waals surface area contributed by atoms with Crippen LogP contribution in [0.15, 0.2) is 18.2 Å². The summed E-state index contributed by atoms with van der Waals surface area (Å²) in [5.41, 5.74) is 6.17. The van der Waals surface area contributed by atoms with Crippen molar-refractivity contribution in [1.82, 2.24) is 5.06 Å². The molecule has 1 aromatic rings. The fourth-order valence-electron chi connectivity index (χ4n) is 3.25. The molecule has 2 rings (SSSR count). The van der Waals surface area contributed by atoms with Crippen LogP contribution in [0.4, 0.5) is 0 Å². The number of hydrogen-bond acceptors (Lipinski definition) is 8. The molecule has 25 heavy (non-hydrogen) atoms. The fraction of sp³-hybridized carbons (Fsp3) is 0.533. The highest BCUT2D eigenvalue weighted by Gasteiger charge is 2.48. The average Bonchev–Trinajstić information content (AvgIpc) is 2.93. The van der Waals surface area contributed by atoms with Gasteiger partial charge in [0.05, 0.1) is 26.4 Å². The van der Waals surface area contributed by atoms with Gasteiger partial charge < -0.3 is 30.7 Å². The molecule has 1 aromatic carbocycles. The Labute approximate surface area is 145 Å². The molecular weight excluding hydrogens is 331 g/mol. The van der Waals surface area contributed by atoms with Crippen LogP contribution in [0.5, 0.6) is 5.75 Å².